The van der Waals surface area contributed by atoms with Crippen LogP contribution < -0.4 is 5.32 Å². The van der Waals surface area contributed by atoms with Gasteiger partial charge in [-0.1, -0.05) is 6.07 Å². The van der Waals surface area contributed by atoms with Gasteiger partial charge in [-0.3, -0.25) is 9.59 Å². The van der Waals surface area contributed by atoms with Gasteiger partial charge in [-0.15, -0.1) is 0 Å². The fourth-order valence-electron chi connectivity index (χ4n) is 3.74. The van der Waals surface area contributed by atoms with Crippen LogP contribution in [0.4, 0.5) is 0 Å². The molecule has 24 heavy (non-hydrogen) atoms. The van der Waals surface area contributed by atoms with Crippen molar-refractivity contribution >= 4 is 17.3 Å². The summed E-state index contributed by atoms with van der Waals surface area (Å²) in [6.45, 7) is 1.26. The second-order valence-corrected chi connectivity index (χ2v) is 6.47. The van der Waals surface area contributed by atoms with Gasteiger partial charge >= 0.3 is 0 Å². The van der Waals surface area contributed by atoms with E-state index in [9.17, 15) is 9.59 Å². The van der Waals surface area contributed by atoms with Crippen LogP contribution in [0.3, 0.4) is 0 Å². The molecule has 4 rings (SSSR count). The van der Waals surface area contributed by atoms with Crippen LogP contribution in [0.1, 0.15) is 23.2 Å². The minimum atomic E-state index is -0.0332. The highest BCUT2D eigenvalue weighted by Crippen LogP contribution is 2.35. The molecule has 7 nitrogen and oxygen atoms in total. The maximum absolute atomic E-state index is 12.8. The lowest BCUT2D eigenvalue weighted by molar-refractivity contribution is -0.123. The molecule has 4 heterocycles. The molecule has 1 N–H and O–H groups in total. The van der Waals surface area contributed by atoms with E-state index >= 15 is 0 Å². The van der Waals surface area contributed by atoms with Crippen molar-refractivity contribution in [3.05, 3.63) is 36.2 Å². The van der Waals surface area contributed by atoms with Crippen LogP contribution in [0.5, 0.6) is 0 Å². The number of aromatic nitrogens is 2. The van der Waals surface area contributed by atoms with Gasteiger partial charge in [0.2, 0.25) is 5.91 Å². The Hall–Kier alpha value is -2.41. The number of carbonyl (C=O) groups excluding carboxylic acids is 2. The lowest BCUT2D eigenvalue weighted by Gasteiger charge is -2.19. The molecule has 2 aliphatic heterocycles. The molecule has 2 aromatic rings. The molecule has 0 spiro atoms. The standard InChI is InChI=1S/C17H20N4O3/c1-18-16(22)7-12-6-11-9-20(10-15(11)24-12)17(23)13-8-19-21-5-3-2-4-14(13)21/h2-5,8,11-12,15H,6-7,9-10H2,1H3,(H,18,22)/t11-,12+,15+/m0/s1. The molecular formula is C17H20N4O3. The number of likely N-dealkylation sites (tertiary alicyclic amines) is 1. The van der Waals surface area contributed by atoms with Gasteiger partial charge in [-0.05, 0) is 18.6 Å². The number of hydrogen-bond acceptors (Lipinski definition) is 4. The topological polar surface area (TPSA) is 75.9 Å². The number of nitrogens with zero attached hydrogens (tertiary/aromatic N) is 3. The van der Waals surface area contributed by atoms with Crippen LogP contribution in [-0.2, 0) is 9.53 Å². The Morgan fingerprint density at radius 3 is 3.04 bits per heavy atom. The first-order valence-corrected chi connectivity index (χ1v) is 8.23. The van der Waals surface area contributed by atoms with E-state index in [1.165, 1.54) is 0 Å². The third-order valence-electron chi connectivity index (χ3n) is 4.95. The first-order valence-electron chi connectivity index (χ1n) is 8.23. The minimum Gasteiger partial charge on any atom is -0.372 e. The molecule has 2 amide bonds. The molecule has 126 valence electrons. The van der Waals surface area contributed by atoms with Gasteiger partial charge in [0, 0.05) is 32.3 Å². The zero-order valence-electron chi connectivity index (χ0n) is 13.5. The van der Waals surface area contributed by atoms with E-state index in [4.69, 9.17) is 4.74 Å². The summed E-state index contributed by atoms with van der Waals surface area (Å²) >= 11 is 0. The molecule has 0 aromatic carbocycles. The minimum absolute atomic E-state index is 0.000685. The van der Waals surface area contributed by atoms with Gasteiger partial charge in [0.25, 0.3) is 5.91 Å². The molecule has 7 heteroatoms. The molecule has 0 aliphatic carbocycles. The van der Waals surface area contributed by atoms with Crippen molar-refractivity contribution in [2.75, 3.05) is 20.1 Å². The summed E-state index contributed by atoms with van der Waals surface area (Å²) in [5.74, 6) is 0.307. The Morgan fingerprint density at radius 1 is 1.38 bits per heavy atom. The lowest BCUT2D eigenvalue weighted by atomic mass is 10.0. The molecule has 2 saturated heterocycles. The number of ether oxygens (including phenoxy) is 1. The number of nitrogens with one attached hydrogen (secondary N) is 1. The molecule has 0 saturated carbocycles. The fraction of sp³-hybridized carbons (Fsp3) is 0.471. The summed E-state index contributed by atoms with van der Waals surface area (Å²) in [6, 6.07) is 5.68. The summed E-state index contributed by atoms with van der Waals surface area (Å²) in [7, 11) is 1.63. The summed E-state index contributed by atoms with van der Waals surface area (Å²) in [4.78, 5) is 26.1. The fourth-order valence-corrected chi connectivity index (χ4v) is 3.74. The second kappa shape index (κ2) is 5.90. The molecule has 0 bridgehead atoms. The normalized spacial score (nSPS) is 25.9. The van der Waals surface area contributed by atoms with E-state index in [1.807, 2.05) is 29.3 Å². The average molecular weight is 328 g/mol. The SMILES string of the molecule is CNC(=O)C[C@H]1C[C@H]2CN(C(=O)c3cnn4ccccc34)C[C@H]2O1. The van der Waals surface area contributed by atoms with Crippen molar-refractivity contribution in [2.24, 2.45) is 5.92 Å². The van der Waals surface area contributed by atoms with E-state index in [0.29, 0.717) is 31.0 Å². The maximum Gasteiger partial charge on any atom is 0.257 e. The average Bonchev–Trinajstić information content (AvgIpc) is 3.26. The van der Waals surface area contributed by atoms with Gasteiger partial charge in [-0.25, -0.2) is 4.52 Å². The van der Waals surface area contributed by atoms with Crippen molar-refractivity contribution in [1.82, 2.24) is 19.8 Å². The van der Waals surface area contributed by atoms with Crippen molar-refractivity contribution in [1.29, 1.82) is 0 Å². The van der Waals surface area contributed by atoms with E-state index in [0.717, 1.165) is 11.9 Å². The Kier molecular flexibility index (Phi) is 3.72. The summed E-state index contributed by atoms with van der Waals surface area (Å²) < 4.78 is 7.68. The zero-order chi connectivity index (χ0) is 16.7. The number of hydrogen-bond donors (Lipinski definition) is 1. The second-order valence-electron chi connectivity index (χ2n) is 6.47. The van der Waals surface area contributed by atoms with Crippen molar-refractivity contribution in [3.63, 3.8) is 0 Å². The van der Waals surface area contributed by atoms with E-state index < -0.39 is 0 Å². The third kappa shape index (κ3) is 2.54. The monoisotopic (exact) mass is 328 g/mol. The summed E-state index contributed by atoms with van der Waals surface area (Å²) in [5, 5.41) is 6.86. The first kappa shape index (κ1) is 15.1. The first-order chi connectivity index (χ1) is 11.7. The van der Waals surface area contributed by atoms with Crippen LogP contribution in [0.2, 0.25) is 0 Å². The molecule has 0 unspecified atom stereocenters. The van der Waals surface area contributed by atoms with Crippen molar-refractivity contribution in [3.8, 4) is 0 Å². The number of carbonyl (C=O) groups is 2. The molecule has 0 radical (unpaired) electrons. The summed E-state index contributed by atoms with van der Waals surface area (Å²) in [5.41, 5.74) is 1.44. The number of pyridine rings is 1. The van der Waals surface area contributed by atoms with Gasteiger partial charge in [0.05, 0.1) is 35.9 Å². The van der Waals surface area contributed by atoms with Crippen LogP contribution in [0, 0.1) is 5.92 Å². The van der Waals surface area contributed by atoms with E-state index in [-0.39, 0.29) is 24.0 Å². The van der Waals surface area contributed by atoms with Gasteiger partial charge < -0.3 is 15.0 Å². The molecule has 2 aliphatic rings. The quantitative estimate of drug-likeness (QED) is 0.900. The van der Waals surface area contributed by atoms with Crippen molar-refractivity contribution in [2.45, 2.75) is 25.0 Å². The van der Waals surface area contributed by atoms with Gasteiger partial charge in [0.15, 0.2) is 0 Å². The van der Waals surface area contributed by atoms with Gasteiger partial charge in [-0.2, -0.15) is 5.10 Å². The number of rotatable bonds is 3. The van der Waals surface area contributed by atoms with Crippen LogP contribution in [0.15, 0.2) is 30.6 Å². The van der Waals surface area contributed by atoms with E-state index in [1.54, 1.807) is 17.8 Å². The smallest absolute Gasteiger partial charge is 0.257 e. The van der Waals surface area contributed by atoms with Crippen LogP contribution >= 0.6 is 0 Å². The Balaban J connectivity index is 1.43. The number of fused-ring (bicyclic) bond motifs is 2. The summed E-state index contributed by atoms with van der Waals surface area (Å²) in [6.07, 6.45) is 4.68. The van der Waals surface area contributed by atoms with Crippen molar-refractivity contribution < 1.29 is 14.3 Å². The number of amides is 2. The largest absolute Gasteiger partial charge is 0.372 e. The van der Waals surface area contributed by atoms with Crippen LogP contribution in [0.25, 0.3) is 5.52 Å². The predicted octanol–water partition coefficient (Wildman–Crippen LogP) is 0.700. The van der Waals surface area contributed by atoms with Gasteiger partial charge in [0.1, 0.15) is 0 Å². The van der Waals surface area contributed by atoms with Crippen LogP contribution in [-0.4, -0.2) is 58.7 Å². The Labute approximate surface area is 139 Å². The predicted molar refractivity (Wildman–Crippen MR) is 86.5 cm³/mol. The molecule has 2 aromatic heterocycles. The maximum atomic E-state index is 12.8. The zero-order valence-corrected chi connectivity index (χ0v) is 13.5. The molecular weight excluding hydrogens is 308 g/mol. The van der Waals surface area contributed by atoms with E-state index in [2.05, 4.69) is 10.4 Å². The molecule has 2 fully saturated rings. The highest BCUT2D eigenvalue weighted by atomic mass is 16.5. The molecule has 3 atom stereocenters. The highest BCUT2D eigenvalue weighted by Gasteiger charge is 2.44. The lowest BCUT2D eigenvalue weighted by Crippen LogP contribution is -2.32. The Bertz CT molecular complexity index is 773. The Morgan fingerprint density at radius 2 is 2.25 bits per heavy atom. The third-order valence-corrected chi connectivity index (χ3v) is 4.95. The highest BCUT2D eigenvalue weighted by molar-refractivity contribution is 6.00.